The van der Waals surface area contributed by atoms with E-state index < -0.39 is 0 Å². The molecule has 0 atom stereocenters. The van der Waals surface area contributed by atoms with Crippen LogP contribution in [0.2, 0.25) is 0 Å². The zero-order valence-electron chi connectivity index (χ0n) is 9.17. The van der Waals surface area contributed by atoms with Crippen molar-refractivity contribution >= 4 is 17.3 Å². The Bertz CT molecular complexity index is 489. The minimum absolute atomic E-state index is 0.0144. The Morgan fingerprint density at radius 3 is 2.94 bits per heavy atom. The molecule has 0 fully saturated rings. The molecular formula is C10H12N4OS. The van der Waals surface area contributed by atoms with Crippen molar-refractivity contribution in [3.05, 3.63) is 28.5 Å². The van der Waals surface area contributed by atoms with Gasteiger partial charge >= 0.3 is 0 Å². The normalized spacial score (nSPS) is 10.6. The van der Waals surface area contributed by atoms with E-state index in [1.54, 1.807) is 10.1 Å². The van der Waals surface area contributed by atoms with Crippen molar-refractivity contribution in [1.82, 2.24) is 19.4 Å². The summed E-state index contributed by atoms with van der Waals surface area (Å²) in [6.07, 6.45) is 1.20. The third kappa shape index (κ3) is 2.16. The van der Waals surface area contributed by atoms with Gasteiger partial charge in [-0.3, -0.25) is 9.48 Å². The fourth-order valence-corrected chi connectivity index (χ4v) is 1.91. The standard InChI is InChI=1S/C10H12N4OS/c1-3-7-4-8(14(2)12-7)5-10(15)9-6-16-13-11-9/h4,6H,3,5H2,1-2H3. The van der Waals surface area contributed by atoms with Gasteiger partial charge in [0.15, 0.2) is 5.78 Å². The van der Waals surface area contributed by atoms with Crippen LogP contribution in [0.4, 0.5) is 0 Å². The molecule has 2 rings (SSSR count). The summed E-state index contributed by atoms with van der Waals surface area (Å²) in [5.41, 5.74) is 2.35. The van der Waals surface area contributed by atoms with Gasteiger partial charge in [-0.1, -0.05) is 11.4 Å². The smallest absolute Gasteiger partial charge is 0.189 e. The van der Waals surface area contributed by atoms with E-state index in [2.05, 4.69) is 14.7 Å². The summed E-state index contributed by atoms with van der Waals surface area (Å²) < 4.78 is 5.42. The van der Waals surface area contributed by atoms with Gasteiger partial charge in [0.05, 0.1) is 12.1 Å². The summed E-state index contributed by atoms with van der Waals surface area (Å²) in [6, 6.07) is 1.96. The first-order chi connectivity index (χ1) is 7.70. The third-order valence-corrected chi connectivity index (χ3v) is 2.88. The maximum atomic E-state index is 11.8. The molecule has 0 amide bonds. The number of aromatic nitrogens is 4. The van der Waals surface area contributed by atoms with E-state index >= 15 is 0 Å². The number of rotatable bonds is 4. The molecule has 16 heavy (non-hydrogen) atoms. The molecule has 2 aromatic rings. The molecule has 0 aromatic carbocycles. The van der Waals surface area contributed by atoms with E-state index in [0.717, 1.165) is 17.8 Å². The number of hydrogen-bond acceptors (Lipinski definition) is 5. The first-order valence-electron chi connectivity index (χ1n) is 5.02. The van der Waals surface area contributed by atoms with E-state index in [1.807, 2.05) is 20.0 Å². The predicted octanol–water partition coefficient (Wildman–Crippen LogP) is 1.26. The number of hydrogen-bond donors (Lipinski definition) is 0. The topological polar surface area (TPSA) is 60.7 Å². The Kier molecular flexibility index (Phi) is 3.09. The molecule has 0 saturated carbocycles. The first kappa shape index (κ1) is 10.9. The molecule has 0 aliphatic carbocycles. The van der Waals surface area contributed by atoms with Crippen molar-refractivity contribution in [3.63, 3.8) is 0 Å². The lowest BCUT2D eigenvalue weighted by Crippen LogP contribution is -2.08. The van der Waals surface area contributed by atoms with Crippen LogP contribution in [0.1, 0.15) is 28.8 Å². The van der Waals surface area contributed by atoms with Gasteiger partial charge in [0.2, 0.25) is 0 Å². The molecule has 0 aliphatic heterocycles. The molecule has 0 bridgehead atoms. The van der Waals surface area contributed by atoms with E-state index in [0.29, 0.717) is 12.1 Å². The van der Waals surface area contributed by atoms with Crippen molar-refractivity contribution in [3.8, 4) is 0 Å². The van der Waals surface area contributed by atoms with Crippen molar-refractivity contribution in [2.45, 2.75) is 19.8 Å². The lowest BCUT2D eigenvalue weighted by atomic mass is 10.1. The van der Waals surface area contributed by atoms with Gasteiger partial charge in [-0.2, -0.15) is 5.10 Å². The average molecular weight is 236 g/mol. The van der Waals surface area contributed by atoms with Crippen LogP contribution >= 0.6 is 11.5 Å². The van der Waals surface area contributed by atoms with Crippen LogP contribution in [0.25, 0.3) is 0 Å². The summed E-state index contributed by atoms with van der Waals surface area (Å²) in [5.74, 6) is -0.0144. The molecule has 0 radical (unpaired) electrons. The van der Waals surface area contributed by atoms with Crippen molar-refractivity contribution < 1.29 is 4.79 Å². The number of nitrogens with zero attached hydrogens (tertiary/aromatic N) is 4. The predicted molar refractivity (Wildman–Crippen MR) is 60.5 cm³/mol. The van der Waals surface area contributed by atoms with Gasteiger partial charge in [-0.15, -0.1) is 5.10 Å². The van der Waals surface area contributed by atoms with E-state index in [-0.39, 0.29) is 5.78 Å². The van der Waals surface area contributed by atoms with Gasteiger partial charge < -0.3 is 0 Å². The van der Waals surface area contributed by atoms with Crippen LogP contribution in [0, 0.1) is 0 Å². The minimum atomic E-state index is -0.0144. The van der Waals surface area contributed by atoms with Crippen LogP contribution in [0.3, 0.4) is 0 Å². The lowest BCUT2D eigenvalue weighted by molar-refractivity contribution is 0.0986. The Balaban J connectivity index is 2.15. The molecule has 0 saturated heterocycles. The summed E-state index contributed by atoms with van der Waals surface area (Å²) in [4.78, 5) is 11.8. The van der Waals surface area contributed by atoms with Gasteiger partial charge in [0.1, 0.15) is 5.69 Å². The molecule has 2 aromatic heterocycles. The van der Waals surface area contributed by atoms with Crippen LogP contribution < -0.4 is 0 Å². The molecule has 2 heterocycles. The monoisotopic (exact) mass is 236 g/mol. The number of aryl methyl sites for hydroxylation is 2. The second-order valence-electron chi connectivity index (χ2n) is 3.49. The quantitative estimate of drug-likeness (QED) is 0.750. The largest absolute Gasteiger partial charge is 0.292 e. The highest BCUT2D eigenvalue weighted by atomic mass is 32.1. The highest BCUT2D eigenvalue weighted by molar-refractivity contribution is 7.03. The van der Waals surface area contributed by atoms with Crippen molar-refractivity contribution in [2.24, 2.45) is 7.05 Å². The van der Waals surface area contributed by atoms with Gasteiger partial charge in [-0.05, 0) is 24.0 Å². The maximum Gasteiger partial charge on any atom is 0.189 e. The van der Waals surface area contributed by atoms with Gasteiger partial charge in [0.25, 0.3) is 0 Å². The second kappa shape index (κ2) is 4.52. The Labute approximate surface area is 97.3 Å². The zero-order valence-corrected chi connectivity index (χ0v) is 9.99. The number of ketones is 1. The molecule has 84 valence electrons. The average Bonchev–Trinajstić information content (AvgIpc) is 2.88. The highest BCUT2D eigenvalue weighted by Crippen LogP contribution is 2.08. The molecule has 0 spiro atoms. The van der Waals surface area contributed by atoms with Crippen LogP contribution in [0.5, 0.6) is 0 Å². The molecular weight excluding hydrogens is 224 g/mol. The fraction of sp³-hybridized carbons (Fsp3) is 0.400. The summed E-state index contributed by atoms with van der Waals surface area (Å²) in [6.45, 7) is 2.04. The maximum absolute atomic E-state index is 11.8. The van der Waals surface area contributed by atoms with Gasteiger partial charge in [-0.25, -0.2) is 0 Å². The van der Waals surface area contributed by atoms with E-state index in [4.69, 9.17) is 0 Å². The van der Waals surface area contributed by atoms with Crippen LogP contribution in [-0.4, -0.2) is 25.2 Å². The SMILES string of the molecule is CCc1cc(CC(=O)c2csnn2)n(C)n1. The van der Waals surface area contributed by atoms with Crippen LogP contribution in [-0.2, 0) is 19.9 Å². The van der Waals surface area contributed by atoms with Crippen molar-refractivity contribution in [1.29, 1.82) is 0 Å². The summed E-state index contributed by atoms with van der Waals surface area (Å²) in [5, 5.41) is 9.72. The minimum Gasteiger partial charge on any atom is -0.292 e. The molecule has 6 heteroatoms. The number of carbonyl (C=O) groups is 1. The highest BCUT2D eigenvalue weighted by Gasteiger charge is 2.13. The van der Waals surface area contributed by atoms with Gasteiger partial charge in [0, 0.05) is 18.1 Å². The molecule has 0 N–H and O–H groups in total. The Morgan fingerprint density at radius 2 is 2.38 bits per heavy atom. The fourth-order valence-electron chi connectivity index (χ4n) is 1.45. The van der Waals surface area contributed by atoms with Crippen molar-refractivity contribution in [2.75, 3.05) is 0 Å². The number of carbonyl (C=O) groups excluding carboxylic acids is 1. The van der Waals surface area contributed by atoms with E-state index in [1.165, 1.54) is 11.5 Å². The lowest BCUT2D eigenvalue weighted by Gasteiger charge is -1.98. The summed E-state index contributed by atoms with van der Waals surface area (Å²) in [7, 11) is 1.85. The molecule has 0 aliphatic rings. The van der Waals surface area contributed by atoms with E-state index in [9.17, 15) is 4.79 Å². The first-order valence-corrected chi connectivity index (χ1v) is 5.86. The second-order valence-corrected chi connectivity index (χ2v) is 4.10. The Morgan fingerprint density at radius 1 is 1.56 bits per heavy atom. The van der Waals surface area contributed by atoms with Crippen LogP contribution in [0.15, 0.2) is 11.4 Å². The zero-order chi connectivity index (χ0) is 11.5. The Hall–Kier alpha value is -1.56. The summed E-state index contributed by atoms with van der Waals surface area (Å²) >= 11 is 1.19. The molecule has 5 nitrogen and oxygen atoms in total. The number of Topliss-reactive ketones (excluding diaryl/α,β-unsaturated/α-hetero) is 1. The molecule has 0 unspecified atom stereocenters. The third-order valence-electron chi connectivity index (χ3n) is 2.38.